The number of carbonyl (C=O) groups is 1. The van der Waals surface area contributed by atoms with Crippen LogP contribution in [0.3, 0.4) is 0 Å². The fraction of sp³-hybridized carbons (Fsp3) is 0.538. The lowest BCUT2D eigenvalue weighted by Gasteiger charge is -2.35. The molecule has 0 spiro atoms. The van der Waals surface area contributed by atoms with Crippen molar-refractivity contribution in [3.05, 3.63) is 57.4 Å². The normalized spacial score (nSPS) is 17.5. The predicted octanol–water partition coefficient (Wildman–Crippen LogP) is 6.88. The van der Waals surface area contributed by atoms with Gasteiger partial charge in [-0.05, 0) is 62.6 Å². The van der Waals surface area contributed by atoms with Gasteiger partial charge in [0.25, 0.3) is 0 Å². The minimum atomic E-state index is -0.639. The Labute approximate surface area is 192 Å². The third-order valence-electron chi connectivity index (χ3n) is 4.79. The summed E-state index contributed by atoms with van der Waals surface area (Å²) in [7, 11) is 0. The maximum Gasteiger partial charge on any atom is 0.337 e. The van der Waals surface area contributed by atoms with Crippen LogP contribution in [-0.2, 0) is 9.53 Å². The van der Waals surface area contributed by atoms with Crippen molar-refractivity contribution in [1.82, 2.24) is 5.32 Å². The molecule has 0 aliphatic carbocycles. The summed E-state index contributed by atoms with van der Waals surface area (Å²) in [5, 5.41) is 14.3. The molecule has 0 fully saturated rings. The molecule has 0 saturated heterocycles. The summed E-state index contributed by atoms with van der Waals surface area (Å²) >= 11 is 6.13. The van der Waals surface area contributed by atoms with E-state index in [2.05, 4.69) is 46.0 Å². The molecular formula is C26H35ClN2O2. The molecule has 2 rings (SSSR count). The largest absolute Gasteiger partial charge is 0.457 e. The Kier molecular flexibility index (Phi) is 7.66. The number of allylic oxidation sites excluding steroid dienone is 3. The zero-order valence-electron chi connectivity index (χ0n) is 20.0. The van der Waals surface area contributed by atoms with Gasteiger partial charge < -0.3 is 10.1 Å². The van der Waals surface area contributed by atoms with E-state index >= 15 is 0 Å². The second kappa shape index (κ2) is 9.49. The highest BCUT2D eigenvalue weighted by atomic mass is 35.5. The summed E-state index contributed by atoms with van der Waals surface area (Å²) in [6.45, 7) is 16.2. The van der Waals surface area contributed by atoms with Crippen molar-refractivity contribution >= 4 is 17.6 Å². The number of rotatable bonds is 5. The molecule has 1 aromatic rings. The molecule has 168 valence electrons. The van der Waals surface area contributed by atoms with Gasteiger partial charge in [0, 0.05) is 16.4 Å². The monoisotopic (exact) mass is 442 g/mol. The van der Waals surface area contributed by atoms with Crippen LogP contribution in [0.5, 0.6) is 0 Å². The minimum absolute atomic E-state index is 0.0264. The second-order valence-corrected chi connectivity index (χ2v) is 11.3. The summed E-state index contributed by atoms with van der Waals surface area (Å²) in [4.78, 5) is 13.4. The Hall–Kier alpha value is -2.25. The lowest BCUT2D eigenvalue weighted by atomic mass is 9.77. The molecule has 4 nitrogen and oxygen atoms in total. The molecular weight excluding hydrogens is 408 g/mol. The standard InChI is InChI=1S/C26H35ClN2O2/c1-16(2)13-20-23(24(30)31-26(6,7)8)22(17-9-11-18(27)12-10-17)19(15-28)21(29-20)14-25(3,4)5/h9-12,16,22,29H,13-14H2,1-8H3. The van der Waals surface area contributed by atoms with E-state index in [0.717, 1.165) is 17.0 Å². The van der Waals surface area contributed by atoms with Crippen molar-refractivity contribution in [3.63, 3.8) is 0 Å². The zero-order valence-corrected chi connectivity index (χ0v) is 20.8. The molecule has 1 aromatic carbocycles. The van der Waals surface area contributed by atoms with Crippen molar-refractivity contribution in [2.75, 3.05) is 0 Å². The van der Waals surface area contributed by atoms with Crippen LogP contribution in [0.1, 0.15) is 79.7 Å². The van der Waals surface area contributed by atoms with E-state index < -0.39 is 17.5 Å². The highest BCUT2D eigenvalue weighted by Crippen LogP contribution is 2.42. The van der Waals surface area contributed by atoms with Gasteiger partial charge in [-0.25, -0.2) is 4.79 Å². The lowest BCUT2D eigenvalue weighted by molar-refractivity contribution is -0.150. The Morgan fingerprint density at radius 3 is 2.16 bits per heavy atom. The highest BCUT2D eigenvalue weighted by Gasteiger charge is 2.38. The number of hydrogen-bond acceptors (Lipinski definition) is 4. The molecule has 31 heavy (non-hydrogen) atoms. The SMILES string of the molecule is CC(C)CC1=C(C(=O)OC(C)(C)C)C(c2ccc(Cl)cc2)C(C#N)=C(CC(C)(C)C)N1. The third kappa shape index (κ3) is 6.87. The second-order valence-electron chi connectivity index (χ2n) is 10.8. The van der Waals surface area contributed by atoms with E-state index in [1.165, 1.54) is 0 Å². The quantitative estimate of drug-likeness (QED) is 0.504. The van der Waals surface area contributed by atoms with Crippen LogP contribution in [0.4, 0.5) is 0 Å². The molecule has 1 N–H and O–H groups in total. The summed E-state index contributed by atoms with van der Waals surface area (Å²) in [5.41, 5.74) is 2.98. The van der Waals surface area contributed by atoms with Gasteiger partial charge in [-0.1, -0.05) is 58.4 Å². The number of ether oxygens (including phenoxy) is 1. The fourth-order valence-electron chi connectivity index (χ4n) is 3.74. The Morgan fingerprint density at radius 1 is 1.13 bits per heavy atom. The molecule has 5 heteroatoms. The first kappa shape index (κ1) is 25.0. The third-order valence-corrected chi connectivity index (χ3v) is 5.04. The first-order valence-electron chi connectivity index (χ1n) is 10.8. The average Bonchev–Trinajstić information content (AvgIpc) is 2.58. The highest BCUT2D eigenvalue weighted by molar-refractivity contribution is 6.30. The van der Waals surface area contributed by atoms with E-state index in [1.807, 2.05) is 32.9 Å². The molecule has 0 aromatic heterocycles. The molecule has 1 unspecified atom stereocenters. The van der Waals surface area contributed by atoms with Crippen LogP contribution >= 0.6 is 11.6 Å². The number of nitrogens with one attached hydrogen (secondary N) is 1. The van der Waals surface area contributed by atoms with Crippen molar-refractivity contribution in [3.8, 4) is 6.07 Å². The van der Waals surface area contributed by atoms with Crippen LogP contribution < -0.4 is 5.32 Å². The van der Waals surface area contributed by atoms with Gasteiger partial charge >= 0.3 is 5.97 Å². The topological polar surface area (TPSA) is 62.1 Å². The number of halogens is 1. The fourth-order valence-corrected chi connectivity index (χ4v) is 3.87. The smallest absolute Gasteiger partial charge is 0.337 e. The first-order valence-corrected chi connectivity index (χ1v) is 11.2. The molecule has 0 radical (unpaired) electrons. The van der Waals surface area contributed by atoms with Gasteiger partial charge in [0.05, 0.1) is 23.1 Å². The molecule has 1 aliphatic rings. The number of dihydropyridines is 1. The van der Waals surface area contributed by atoms with Gasteiger partial charge in [-0.3, -0.25) is 0 Å². The molecule has 1 atom stereocenters. The maximum absolute atomic E-state index is 13.4. The zero-order chi connectivity index (χ0) is 23.6. The van der Waals surface area contributed by atoms with Crippen LogP contribution in [0.2, 0.25) is 5.02 Å². The van der Waals surface area contributed by atoms with Crippen molar-refractivity contribution in [2.24, 2.45) is 11.3 Å². The first-order chi connectivity index (χ1) is 14.2. The summed E-state index contributed by atoms with van der Waals surface area (Å²) < 4.78 is 5.80. The van der Waals surface area contributed by atoms with Crippen molar-refractivity contribution < 1.29 is 9.53 Å². The summed E-state index contributed by atoms with van der Waals surface area (Å²) in [6.07, 6.45) is 1.38. The Bertz CT molecular complexity index is 920. The molecule has 0 amide bonds. The van der Waals surface area contributed by atoms with E-state index in [0.29, 0.717) is 34.9 Å². The van der Waals surface area contributed by atoms with Gasteiger partial charge in [0.2, 0.25) is 0 Å². The van der Waals surface area contributed by atoms with Crippen LogP contribution in [0.15, 0.2) is 46.8 Å². The van der Waals surface area contributed by atoms with E-state index in [4.69, 9.17) is 16.3 Å². The summed E-state index contributed by atoms with van der Waals surface area (Å²) in [6, 6.07) is 9.78. The van der Waals surface area contributed by atoms with Gasteiger partial charge in [-0.2, -0.15) is 5.26 Å². The number of nitriles is 1. The molecule has 0 saturated carbocycles. The van der Waals surface area contributed by atoms with Crippen molar-refractivity contribution in [2.45, 2.75) is 79.8 Å². The van der Waals surface area contributed by atoms with Crippen molar-refractivity contribution in [1.29, 1.82) is 5.26 Å². The van der Waals surface area contributed by atoms with Crippen LogP contribution in [0.25, 0.3) is 0 Å². The number of esters is 1. The molecule has 0 bridgehead atoms. The van der Waals surface area contributed by atoms with Gasteiger partial charge in [0.15, 0.2) is 0 Å². The average molecular weight is 443 g/mol. The van der Waals surface area contributed by atoms with Crippen LogP contribution in [0, 0.1) is 22.7 Å². The van der Waals surface area contributed by atoms with Gasteiger partial charge in [0.1, 0.15) is 5.60 Å². The van der Waals surface area contributed by atoms with E-state index in [9.17, 15) is 10.1 Å². The molecule has 1 heterocycles. The maximum atomic E-state index is 13.4. The van der Waals surface area contributed by atoms with E-state index in [-0.39, 0.29) is 5.41 Å². The lowest BCUT2D eigenvalue weighted by Crippen LogP contribution is -2.35. The van der Waals surface area contributed by atoms with Gasteiger partial charge in [-0.15, -0.1) is 0 Å². The Morgan fingerprint density at radius 2 is 1.71 bits per heavy atom. The number of benzene rings is 1. The number of hydrogen-bond donors (Lipinski definition) is 1. The predicted molar refractivity (Wildman–Crippen MR) is 126 cm³/mol. The molecule has 1 aliphatic heterocycles. The number of carbonyl (C=O) groups excluding carboxylic acids is 1. The van der Waals surface area contributed by atoms with E-state index in [1.54, 1.807) is 12.1 Å². The number of nitrogens with zero attached hydrogens (tertiary/aromatic N) is 1. The Balaban J connectivity index is 2.76. The van der Waals surface area contributed by atoms with Crippen LogP contribution in [-0.4, -0.2) is 11.6 Å². The summed E-state index contributed by atoms with van der Waals surface area (Å²) in [5.74, 6) is -0.562. The minimum Gasteiger partial charge on any atom is -0.457 e.